The van der Waals surface area contributed by atoms with E-state index in [-0.39, 0.29) is 20.0 Å². The van der Waals surface area contributed by atoms with E-state index >= 15 is 0 Å². The molecular formula is C20H23NO6. The minimum absolute atomic E-state index is 0.144. The van der Waals surface area contributed by atoms with E-state index in [9.17, 15) is 9.59 Å². The van der Waals surface area contributed by atoms with Crippen molar-refractivity contribution in [3.63, 3.8) is 0 Å². The molecule has 0 bridgehead atoms. The summed E-state index contributed by atoms with van der Waals surface area (Å²) >= 11 is 0. The van der Waals surface area contributed by atoms with Gasteiger partial charge in [0.25, 0.3) is 0 Å². The highest BCUT2D eigenvalue weighted by molar-refractivity contribution is 6.07. The van der Waals surface area contributed by atoms with Crippen LogP contribution in [0.4, 0.5) is 0 Å². The van der Waals surface area contributed by atoms with Gasteiger partial charge in [0.15, 0.2) is 11.5 Å². The Bertz CT molecular complexity index is 826. The van der Waals surface area contributed by atoms with Gasteiger partial charge >= 0.3 is 11.9 Å². The van der Waals surface area contributed by atoms with Crippen molar-refractivity contribution in [3.05, 3.63) is 35.0 Å². The Labute approximate surface area is 158 Å². The predicted octanol–water partition coefficient (Wildman–Crippen LogP) is 2.99. The van der Waals surface area contributed by atoms with Gasteiger partial charge in [0, 0.05) is 17.3 Å². The van der Waals surface area contributed by atoms with Crippen molar-refractivity contribution in [2.24, 2.45) is 10.9 Å². The molecule has 27 heavy (non-hydrogen) atoms. The number of benzene rings is 1. The van der Waals surface area contributed by atoms with Gasteiger partial charge in [-0.05, 0) is 45.4 Å². The molecule has 0 aromatic heterocycles. The van der Waals surface area contributed by atoms with Gasteiger partial charge in [-0.15, -0.1) is 0 Å². The lowest BCUT2D eigenvalue weighted by molar-refractivity contribution is -0.146. The first-order chi connectivity index (χ1) is 13.0. The van der Waals surface area contributed by atoms with Crippen LogP contribution in [0, 0.1) is 5.92 Å². The van der Waals surface area contributed by atoms with Crippen LogP contribution in [-0.4, -0.2) is 37.7 Å². The average Bonchev–Trinajstić information content (AvgIpc) is 3.08. The summed E-state index contributed by atoms with van der Waals surface area (Å²) in [5.41, 5.74) is 2.24. The topological polar surface area (TPSA) is 83.4 Å². The summed E-state index contributed by atoms with van der Waals surface area (Å²) in [6.07, 6.45) is 0. The first-order valence-corrected chi connectivity index (χ1v) is 8.97. The number of hydrogen-bond donors (Lipinski definition) is 0. The van der Waals surface area contributed by atoms with Gasteiger partial charge in [-0.25, -0.2) is 4.79 Å². The largest absolute Gasteiger partial charge is 0.465 e. The molecule has 7 heteroatoms. The maximum absolute atomic E-state index is 12.7. The van der Waals surface area contributed by atoms with E-state index in [2.05, 4.69) is 4.99 Å². The van der Waals surface area contributed by atoms with E-state index < -0.39 is 23.8 Å². The van der Waals surface area contributed by atoms with Crippen LogP contribution in [-0.2, 0) is 19.1 Å². The second-order valence-electron chi connectivity index (χ2n) is 6.29. The van der Waals surface area contributed by atoms with Crippen LogP contribution in [0.25, 0.3) is 0 Å². The fourth-order valence-corrected chi connectivity index (χ4v) is 3.52. The number of nitrogens with zero attached hydrogens (tertiary/aromatic N) is 1. The second kappa shape index (κ2) is 7.82. The lowest BCUT2D eigenvalue weighted by atomic mass is 9.75. The molecule has 0 radical (unpaired) electrons. The van der Waals surface area contributed by atoms with Crippen LogP contribution in [0.2, 0.25) is 0 Å². The van der Waals surface area contributed by atoms with Crippen LogP contribution in [0.5, 0.6) is 11.5 Å². The molecule has 0 saturated heterocycles. The van der Waals surface area contributed by atoms with Crippen molar-refractivity contribution in [2.45, 2.75) is 33.6 Å². The number of allylic oxidation sites excluding steroid dienone is 1. The van der Waals surface area contributed by atoms with Crippen molar-refractivity contribution in [3.8, 4) is 11.5 Å². The van der Waals surface area contributed by atoms with Gasteiger partial charge in [-0.3, -0.25) is 9.79 Å². The molecule has 2 aliphatic heterocycles. The van der Waals surface area contributed by atoms with Crippen molar-refractivity contribution in [1.82, 2.24) is 0 Å². The summed E-state index contributed by atoms with van der Waals surface area (Å²) in [6, 6.07) is 5.40. The van der Waals surface area contributed by atoms with Crippen molar-refractivity contribution in [2.75, 3.05) is 20.0 Å². The molecule has 2 atom stereocenters. The number of hydrogen-bond acceptors (Lipinski definition) is 7. The Hall–Kier alpha value is -2.83. The van der Waals surface area contributed by atoms with Crippen LogP contribution < -0.4 is 9.47 Å². The van der Waals surface area contributed by atoms with Gasteiger partial charge in [0.1, 0.15) is 5.92 Å². The van der Waals surface area contributed by atoms with Gasteiger partial charge in [0.2, 0.25) is 6.79 Å². The van der Waals surface area contributed by atoms with Gasteiger partial charge in [-0.1, -0.05) is 6.07 Å². The Kier molecular flexibility index (Phi) is 5.48. The zero-order chi connectivity index (χ0) is 19.6. The van der Waals surface area contributed by atoms with Crippen molar-refractivity contribution < 1.29 is 28.5 Å². The monoisotopic (exact) mass is 373 g/mol. The van der Waals surface area contributed by atoms with Gasteiger partial charge in [0.05, 0.1) is 18.8 Å². The molecule has 0 amide bonds. The summed E-state index contributed by atoms with van der Waals surface area (Å²) in [4.78, 5) is 29.9. The Morgan fingerprint density at radius 3 is 2.52 bits per heavy atom. The summed E-state index contributed by atoms with van der Waals surface area (Å²) in [5.74, 6) is -0.982. The number of fused-ring (bicyclic) bond motifs is 1. The molecule has 3 rings (SSSR count). The molecule has 1 unspecified atom stereocenters. The SMILES string of the molecule is CCOC(=O)C1=C(C)N=C(C)C(C(=O)OCC)[C@@H]1c1ccc2c(c1)OCO2. The third-order valence-electron chi connectivity index (χ3n) is 4.62. The van der Waals surface area contributed by atoms with E-state index in [4.69, 9.17) is 18.9 Å². The lowest BCUT2D eigenvalue weighted by Crippen LogP contribution is -2.36. The normalized spacial score (nSPS) is 21.0. The third-order valence-corrected chi connectivity index (χ3v) is 4.62. The van der Waals surface area contributed by atoms with Crippen LogP contribution >= 0.6 is 0 Å². The molecule has 0 N–H and O–H groups in total. The van der Waals surface area contributed by atoms with Crippen molar-refractivity contribution >= 4 is 17.7 Å². The van der Waals surface area contributed by atoms with Gasteiger partial charge < -0.3 is 18.9 Å². The number of esters is 2. The molecule has 0 aliphatic carbocycles. The molecule has 1 aromatic rings. The van der Waals surface area contributed by atoms with Gasteiger partial charge in [-0.2, -0.15) is 0 Å². The molecule has 0 saturated carbocycles. The predicted molar refractivity (Wildman–Crippen MR) is 97.9 cm³/mol. The highest BCUT2D eigenvalue weighted by Gasteiger charge is 2.42. The lowest BCUT2D eigenvalue weighted by Gasteiger charge is -2.31. The molecule has 2 heterocycles. The Morgan fingerprint density at radius 2 is 1.81 bits per heavy atom. The summed E-state index contributed by atoms with van der Waals surface area (Å²) in [5, 5.41) is 0. The Balaban J connectivity index is 2.13. The minimum atomic E-state index is -0.714. The fourth-order valence-electron chi connectivity index (χ4n) is 3.52. The molecule has 7 nitrogen and oxygen atoms in total. The standard InChI is InChI=1S/C20H23NO6/c1-5-24-19(22)16-11(3)21-12(4)17(20(23)25-6-2)18(16)13-7-8-14-15(9-13)27-10-26-14/h7-9,16,18H,5-6,10H2,1-4H3/t16?,18-/m0/s1. The maximum atomic E-state index is 12.7. The van der Waals surface area contributed by atoms with Crippen LogP contribution in [0.1, 0.15) is 39.2 Å². The number of carbonyl (C=O) groups is 2. The molecule has 144 valence electrons. The minimum Gasteiger partial charge on any atom is -0.465 e. The Morgan fingerprint density at radius 1 is 1.11 bits per heavy atom. The number of aliphatic imine (C=N–C) groups is 1. The first kappa shape index (κ1) is 18.9. The van der Waals surface area contributed by atoms with Crippen molar-refractivity contribution in [1.29, 1.82) is 0 Å². The number of rotatable bonds is 5. The van der Waals surface area contributed by atoms with Crippen LogP contribution in [0.3, 0.4) is 0 Å². The average molecular weight is 373 g/mol. The second-order valence-corrected chi connectivity index (χ2v) is 6.29. The first-order valence-electron chi connectivity index (χ1n) is 8.97. The fraction of sp³-hybridized carbons (Fsp3) is 0.450. The molecule has 0 fully saturated rings. The van der Waals surface area contributed by atoms with E-state index in [1.807, 2.05) is 6.07 Å². The molecular weight excluding hydrogens is 350 g/mol. The zero-order valence-corrected chi connectivity index (χ0v) is 15.9. The van der Waals surface area contributed by atoms with E-state index in [1.165, 1.54) is 0 Å². The smallest absolute Gasteiger partial charge is 0.336 e. The summed E-state index contributed by atoms with van der Waals surface area (Å²) in [6.45, 7) is 7.62. The van der Waals surface area contributed by atoms with E-state index in [0.717, 1.165) is 5.56 Å². The zero-order valence-electron chi connectivity index (χ0n) is 15.9. The summed E-state index contributed by atoms with van der Waals surface area (Å²) in [7, 11) is 0. The third kappa shape index (κ3) is 3.54. The quantitative estimate of drug-likeness (QED) is 0.738. The number of carbonyl (C=O) groups excluding carboxylic acids is 2. The van der Waals surface area contributed by atoms with E-state index in [1.54, 1.807) is 39.8 Å². The summed E-state index contributed by atoms with van der Waals surface area (Å²) < 4.78 is 21.4. The van der Waals surface area contributed by atoms with E-state index in [0.29, 0.717) is 28.5 Å². The molecule has 0 spiro atoms. The highest BCUT2D eigenvalue weighted by atomic mass is 16.7. The number of ether oxygens (including phenoxy) is 4. The van der Waals surface area contributed by atoms with Crippen LogP contribution in [0.15, 0.2) is 34.5 Å². The molecule has 1 aromatic carbocycles. The highest BCUT2D eigenvalue weighted by Crippen LogP contribution is 2.43. The molecule has 2 aliphatic rings. The maximum Gasteiger partial charge on any atom is 0.336 e.